The standard InChI is InChI=1S/C12H22N4O4/c1-12(2,3)20-11(19)14-5-8(17)9(18)7-6-16(4)15-10(7)13/h6,8-9,17-18H,5H2,1-4H3,(H2,13,15)(H,14,19). The van der Waals surface area contributed by atoms with Crippen molar-refractivity contribution in [3.8, 4) is 0 Å². The Morgan fingerprint density at radius 2 is 2.15 bits per heavy atom. The van der Waals surface area contributed by atoms with Gasteiger partial charge in [0.1, 0.15) is 17.8 Å². The zero-order chi connectivity index (χ0) is 15.5. The predicted molar refractivity (Wildman–Crippen MR) is 72.8 cm³/mol. The summed E-state index contributed by atoms with van der Waals surface area (Å²) in [4.78, 5) is 11.4. The van der Waals surface area contributed by atoms with Crippen LogP contribution in [0.25, 0.3) is 0 Å². The maximum Gasteiger partial charge on any atom is 0.407 e. The summed E-state index contributed by atoms with van der Waals surface area (Å²) < 4.78 is 6.45. The Morgan fingerprint density at radius 3 is 2.60 bits per heavy atom. The number of aryl methyl sites for hydroxylation is 1. The third kappa shape index (κ3) is 4.71. The van der Waals surface area contributed by atoms with E-state index in [4.69, 9.17) is 10.5 Å². The summed E-state index contributed by atoms with van der Waals surface area (Å²) in [7, 11) is 1.65. The number of aromatic nitrogens is 2. The molecule has 8 nitrogen and oxygen atoms in total. The zero-order valence-corrected chi connectivity index (χ0v) is 12.1. The predicted octanol–water partition coefficient (Wildman–Crippen LogP) is -0.0787. The minimum absolute atomic E-state index is 0.135. The molecule has 5 N–H and O–H groups in total. The lowest BCUT2D eigenvalue weighted by molar-refractivity contribution is 0.0132. The van der Waals surface area contributed by atoms with E-state index in [2.05, 4.69) is 10.4 Å². The lowest BCUT2D eigenvalue weighted by Gasteiger charge is -2.22. The van der Waals surface area contributed by atoms with Crippen LogP contribution >= 0.6 is 0 Å². The van der Waals surface area contributed by atoms with Crippen LogP contribution < -0.4 is 11.1 Å². The molecule has 1 amide bonds. The van der Waals surface area contributed by atoms with E-state index < -0.39 is 23.9 Å². The van der Waals surface area contributed by atoms with E-state index in [1.807, 2.05) is 0 Å². The average molecular weight is 286 g/mol. The third-order valence-corrected chi connectivity index (χ3v) is 2.42. The second-order valence-corrected chi connectivity index (χ2v) is 5.54. The fourth-order valence-electron chi connectivity index (χ4n) is 1.57. The van der Waals surface area contributed by atoms with E-state index in [1.165, 1.54) is 10.9 Å². The van der Waals surface area contributed by atoms with Crippen molar-refractivity contribution in [2.24, 2.45) is 7.05 Å². The van der Waals surface area contributed by atoms with Gasteiger partial charge in [0.15, 0.2) is 5.82 Å². The van der Waals surface area contributed by atoms with Gasteiger partial charge < -0.3 is 26.0 Å². The number of carbonyl (C=O) groups is 1. The molecule has 2 atom stereocenters. The normalized spacial score (nSPS) is 14.7. The van der Waals surface area contributed by atoms with Gasteiger partial charge in [-0.25, -0.2) is 4.79 Å². The average Bonchev–Trinajstić information content (AvgIpc) is 2.62. The molecule has 0 aliphatic heterocycles. The Bertz CT molecular complexity index is 467. The Morgan fingerprint density at radius 1 is 1.55 bits per heavy atom. The highest BCUT2D eigenvalue weighted by atomic mass is 16.6. The summed E-state index contributed by atoms with van der Waals surface area (Å²) in [5.41, 5.74) is 5.29. The molecule has 1 aromatic rings. The molecule has 0 spiro atoms. The van der Waals surface area contributed by atoms with E-state index in [1.54, 1.807) is 27.8 Å². The number of alkyl carbamates (subject to hydrolysis) is 1. The first-order valence-corrected chi connectivity index (χ1v) is 6.22. The van der Waals surface area contributed by atoms with Crippen molar-refractivity contribution >= 4 is 11.9 Å². The van der Waals surface area contributed by atoms with Crippen LogP contribution in [0.5, 0.6) is 0 Å². The summed E-state index contributed by atoms with van der Waals surface area (Å²) in [5, 5.41) is 26.0. The molecule has 1 heterocycles. The summed E-state index contributed by atoms with van der Waals surface area (Å²) in [6, 6.07) is 0. The molecular weight excluding hydrogens is 264 g/mol. The van der Waals surface area contributed by atoms with Gasteiger partial charge in [0.25, 0.3) is 0 Å². The largest absolute Gasteiger partial charge is 0.444 e. The van der Waals surface area contributed by atoms with Crippen LogP contribution in [-0.4, -0.2) is 44.3 Å². The Labute approximate surface area is 117 Å². The van der Waals surface area contributed by atoms with Crippen LogP contribution in [0.3, 0.4) is 0 Å². The molecule has 114 valence electrons. The Balaban J connectivity index is 2.52. The summed E-state index contributed by atoms with van der Waals surface area (Å²) in [5.74, 6) is 0.135. The molecule has 0 aromatic carbocycles. The minimum atomic E-state index is -1.24. The SMILES string of the molecule is Cn1cc(C(O)C(O)CNC(=O)OC(C)(C)C)c(N)n1. The van der Waals surface area contributed by atoms with Crippen LogP contribution in [0.2, 0.25) is 0 Å². The minimum Gasteiger partial charge on any atom is -0.444 e. The van der Waals surface area contributed by atoms with Gasteiger partial charge in [-0.05, 0) is 20.8 Å². The van der Waals surface area contributed by atoms with E-state index in [0.29, 0.717) is 5.56 Å². The molecule has 0 saturated heterocycles. The van der Waals surface area contributed by atoms with Crippen LogP contribution in [0, 0.1) is 0 Å². The summed E-state index contributed by atoms with van der Waals surface area (Å²) in [6.07, 6.45) is -1.60. The van der Waals surface area contributed by atoms with Gasteiger partial charge in [-0.15, -0.1) is 0 Å². The van der Waals surface area contributed by atoms with Crippen LogP contribution in [0.4, 0.5) is 10.6 Å². The number of nitrogen functional groups attached to an aromatic ring is 1. The first kappa shape index (κ1) is 16.3. The number of amides is 1. The summed E-state index contributed by atoms with van der Waals surface area (Å²) >= 11 is 0. The van der Waals surface area contributed by atoms with Gasteiger partial charge in [0.05, 0.1) is 0 Å². The maximum atomic E-state index is 11.4. The number of aliphatic hydroxyl groups excluding tert-OH is 2. The van der Waals surface area contributed by atoms with Gasteiger partial charge in [-0.3, -0.25) is 4.68 Å². The van der Waals surface area contributed by atoms with E-state index in [0.717, 1.165) is 0 Å². The quantitative estimate of drug-likeness (QED) is 0.614. The first-order chi connectivity index (χ1) is 9.10. The molecule has 0 aliphatic carbocycles. The molecule has 8 heteroatoms. The van der Waals surface area contributed by atoms with Gasteiger partial charge in [0.2, 0.25) is 0 Å². The molecule has 1 aromatic heterocycles. The maximum absolute atomic E-state index is 11.4. The smallest absolute Gasteiger partial charge is 0.407 e. The number of hydrogen-bond acceptors (Lipinski definition) is 6. The number of nitrogens with two attached hydrogens (primary N) is 1. The second kappa shape index (κ2) is 6.10. The number of ether oxygens (including phenoxy) is 1. The molecule has 20 heavy (non-hydrogen) atoms. The molecule has 2 unspecified atom stereocenters. The van der Waals surface area contributed by atoms with E-state index >= 15 is 0 Å². The van der Waals surface area contributed by atoms with Crippen LogP contribution in [0.1, 0.15) is 32.4 Å². The fourth-order valence-corrected chi connectivity index (χ4v) is 1.57. The molecule has 0 aliphatic rings. The molecule has 0 radical (unpaired) electrons. The molecular formula is C12H22N4O4. The molecule has 0 saturated carbocycles. The van der Waals surface area contributed by atoms with Crippen molar-refractivity contribution in [1.82, 2.24) is 15.1 Å². The van der Waals surface area contributed by atoms with Crippen LogP contribution in [0.15, 0.2) is 6.20 Å². The summed E-state index contributed by atoms with van der Waals surface area (Å²) in [6.45, 7) is 5.03. The van der Waals surface area contributed by atoms with Crippen molar-refractivity contribution < 1.29 is 19.7 Å². The number of nitrogens with one attached hydrogen (secondary N) is 1. The number of carbonyl (C=O) groups excluding carboxylic acids is 1. The van der Waals surface area contributed by atoms with Crippen LogP contribution in [-0.2, 0) is 11.8 Å². The van der Waals surface area contributed by atoms with Crippen molar-refractivity contribution in [2.45, 2.75) is 38.6 Å². The Hall–Kier alpha value is -1.80. The van der Waals surface area contributed by atoms with E-state index in [-0.39, 0.29) is 12.4 Å². The fraction of sp³-hybridized carbons (Fsp3) is 0.667. The van der Waals surface area contributed by atoms with Crippen molar-refractivity contribution in [3.05, 3.63) is 11.8 Å². The Kier molecular flexibility index (Phi) is 4.96. The van der Waals surface area contributed by atoms with E-state index in [9.17, 15) is 15.0 Å². The molecule has 1 rings (SSSR count). The number of hydrogen-bond donors (Lipinski definition) is 4. The third-order valence-electron chi connectivity index (χ3n) is 2.42. The molecule has 0 bridgehead atoms. The highest BCUT2D eigenvalue weighted by Crippen LogP contribution is 2.21. The number of rotatable bonds is 4. The molecule has 0 fully saturated rings. The first-order valence-electron chi connectivity index (χ1n) is 6.22. The second-order valence-electron chi connectivity index (χ2n) is 5.54. The highest BCUT2D eigenvalue weighted by molar-refractivity contribution is 5.67. The number of anilines is 1. The van der Waals surface area contributed by atoms with Crippen molar-refractivity contribution in [3.63, 3.8) is 0 Å². The van der Waals surface area contributed by atoms with Gasteiger partial charge in [-0.1, -0.05) is 0 Å². The van der Waals surface area contributed by atoms with Gasteiger partial charge >= 0.3 is 6.09 Å². The lowest BCUT2D eigenvalue weighted by Crippen LogP contribution is -2.38. The monoisotopic (exact) mass is 286 g/mol. The zero-order valence-electron chi connectivity index (χ0n) is 12.1. The van der Waals surface area contributed by atoms with Gasteiger partial charge in [-0.2, -0.15) is 5.10 Å². The lowest BCUT2D eigenvalue weighted by atomic mass is 10.1. The van der Waals surface area contributed by atoms with Crippen molar-refractivity contribution in [1.29, 1.82) is 0 Å². The van der Waals surface area contributed by atoms with Crippen molar-refractivity contribution in [2.75, 3.05) is 12.3 Å². The number of nitrogens with zero attached hydrogens (tertiary/aromatic N) is 2. The topological polar surface area (TPSA) is 123 Å². The van der Waals surface area contributed by atoms with Gasteiger partial charge in [0, 0.05) is 25.4 Å². The highest BCUT2D eigenvalue weighted by Gasteiger charge is 2.24. The number of aliphatic hydroxyl groups is 2.